The van der Waals surface area contributed by atoms with Crippen molar-refractivity contribution in [3.05, 3.63) is 0 Å². The van der Waals surface area contributed by atoms with Gasteiger partial charge in [0, 0.05) is 26.2 Å². The van der Waals surface area contributed by atoms with Crippen LogP contribution in [0.4, 0.5) is 0 Å². The van der Waals surface area contributed by atoms with E-state index in [0.717, 1.165) is 25.7 Å². The lowest BCUT2D eigenvalue weighted by Gasteiger charge is -2.34. The van der Waals surface area contributed by atoms with Crippen LogP contribution in [0, 0.1) is 0 Å². The molecule has 0 aliphatic carbocycles. The quantitative estimate of drug-likeness (QED) is 0.740. The Hall–Kier alpha value is -0.170. The van der Waals surface area contributed by atoms with Crippen molar-refractivity contribution in [1.29, 1.82) is 0 Å². The summed E-state index contributed by atoms with van der Waals surface area (Å²) in [6.45, 7) is 4.75. The first-order chi connectivity index (χ1) is 8.10. The van der Waals surface area contributed by atoms with Crippen molar-refractivity contribution in [3.8, 4) is 0 Å². The molecule has 0 aromatic heterocycles. The maximum atomic E-state index is 12.4. The lowest BCUT2D eigenvalue weighted by Crippen LogP contribution is -2.50. The second-order valence-corrected chi connectivity index (χ2v) is 6.79. The SMILES string of the molecule is CC1CN(S(=O)(=O)N2CCCCCC2)CCO1. The van der Waals surface area contributed by atoms with Crippen molar-refractivity contribution in [3.63, 3.8) is 0 Å². The number of nitrogens with zero attached hydrogens (tertiary/aromatic N) is 2. The number of ether oxygens (including phenoxy) is 1. The largest absolute Gasteiger partial charge is 0.376 e. The van der Waals surface area contributed by atoms with Crippen LogP contribution in [0.2, 0.25) is 0 Å². The van der Waals surface area contributed by atoms with Gasteiger partial charge in [-0.1, -0.05) is 12.8 Å². The molecule has 2 fully saturated rings. The standard InChI is InChI=1S/C11H22N2O3S/c1-11-10-13(8-9-16-11)17(14,15)12-6-4-2-3-5-7-12/h11H,2-10H2,1H3. The van der Waals surface area contributed by atoms with Gasteiger partial charge in [-0.3, -0.25) is 0 Å². The summed E-state index contributed by atoms with van der Waals surface area (Å²) in [5.41, 5.74) is 0. The van der Waals surface area contributed by atoms with E-state index in [1.165, 1.54) is 0 Å². The molecule has 0 spiro atoms. The number of rotatable bonds is 2. The van der Waals surface area contributed by atoms with Crippen LogP contribution in [0.5, 0.6) is 0 Å². The molecule has 0 saturated carbocycles. The Kier molecular flexibility index (Phi) is 4.41. The summed E-state index contributed by atoms with van der Waals surface area (Å²) in [5, 5.41) is 0. The zero-order valence-corrected chi connectivity index (χ0v) is 11.3. The van der Waals surface area contributed by atoms with Crippen molar-refractivity contribution in [1.82, 2.24) is 8.61 Å². The fourth-order valence-electron chi connectivity index (χ4n) is 2.43. The Balaban J connectivity index is 2.05. The molecule has 0 bridgehead atoms. The molecule has 5 nitrogen and oxygen atoms in total. The molecule has 1 unspecified atom stereocenters. The number of morpholine rings is 1. The number of hydrogen-bond acceptors (Lipinski definition) is 3. The van der Waals surface area contributed by atoms with E-state index in [9.17, 15) is 8.42 Å². The first-order valence-electron chi connectivity index (χ1n) is 6.47. The molecule has 100 valence electrons. The van der Waals surface area contributed by atoms with Gasteiger partial charge in [0.1, 0.15) is 0 Å². The number of hydrogen-bond donors (Lipinski definition) is 0. The maximum Gasteiger partial charge on any atom is 0.282 e. The van der Waals surface area contributed by atoms with E-state index in [1.54, 1.807) is 8.61 Å². The van der Waals surface area contributed by atoms with Gasteiger partial charge in [-0.15, -0.1) is 0 Å². The molecule has 17 heavy (non-hydrogen) atoms. The maximum absolute atomic E-state index is 12.4. The van der Waals surface area contributed by atoms with Crippen molar-refractivity contribution >= 4 is 10.2 Å². The third-order valence-electron chi connectivity index (χ3n) is 3.42. The van der Waals surface area contributed by atoms with Crippen LogP contribution < -0.4 is 0 Å². The van der Waals surface area contributed by atoms with Gasteiger partial charge >= 0.3 is 0 Å². The summed E-state index contributed by atoms with van der Waals surface area (Å²) in [5.74, 6) is 0. The highest BCUT2D eigenvalue weighted by molar-refractivity contribution is 7.86. The second kappa shape index (κ2) is 5.65. The van der Waals surface area contributed by atoms with E-state index in [1.807, 2.05) is 6.92 Å². The third-order valence-corrected chi connectivity index (χ3v) is 5.42. The highest BCUT2D eigenvalue weighted by Gasteiger charge is 2.32. The summed E-state index contributed by atoms with van der Waals surface area (Å²) >= 11 is 0. The van der Waals surface area contributed by atoms with Crippen LogP contribution in [0.3, 0.4) is 0 Å². The molecule has 2 saturated heterocycles. The minimum absolute atomic E-state index is 0.00510. The summed E-state index contributed by atoms with van der Waals surface area (Å²) in [6, 6.07) is 0. The second-order valence-electron chi connectivity index (χ2n) is 4.86. The van der Waals surface area contributed by atoms with Gasteiger partial charge in [0.2, 0.25) is 0 Å². The Morgan fingerprint density at radius 1 is 1.00 bits per heavy atom. The minimum Gasteiger partial charge on any atom is -0.376 e. The normalized spacial score (nSPS) is 30.1. The first kappa shape index (κ1) is 13.3. The molecular weight excluding hydrogens is 240 g/mol. The van der Waals surface area contributed by atoms with E-state index >= 15 is 0 Å². The van der Waals surface area contributed by atoms with Crippen LogP contribution >= 0.6 is 0 Å². The molecule has 2 aliphatic heterocycles. The molecule has 0 aromatic rings. The Morgan fingerprint density at radius 2 is 1.65 bits per heavy atom. The Morgan fingerprint density at radius 3 is 2.24 bits per heavy atom. The van der Waals surface area contributed by atoms with Crippen LogP contribution in [-0.2, 0) is 14.9 Å². The molecule has 0 aromatic carbocycles. The summed E-state index contributed by atoms with van der Waals surface area (Å²) in [7, 11) is -3.25. The summed E-state index contributed by atoms with van der Waals surface area (Å²) < 4.78 is 33.5. The monoisotopic (exact) mass is 262 g/mol. The van der Waals surface area contributed by atoms with E-state index in [-0.39, 0.29) is 6.10 Å². The van der Waals surface area contributed by atoms with Crippen molar-refractivity contribution < 1.29 is 13.2 Å². The van der Waals surface area contributed by atoms with Crippen LogP contribution in [0.15, 0.2) is 0 Å². The van der Waals surface area contributed by atoms with Gasteiger partial charge in [-0.2, -0.15) is 17.0 Å². The Labute approximate surface area is 104 Å². The topological polar surface area (TPSA) is 49.9 Å². The van der Waals surface area contributed by atoms with Crippen molar-refractivity contribution in [2.24, 2.45) is 0 Å². The van der Waals surface area contributed by atoms with Gasteiger partial charge in [-0.25, -0.2) is 0 Å². The van der Waals surface area contributed by atoms with E-state index in [2.05, 4.69) is 0 Å². The van der Waals surface area contributed by atoms with Crippen LogP contribution in [0.1, 0.15) is 32.6 Å². The van der Waals surface area contributed by atoms with Gasteiger partial charge in [0.15, 0.2) is 0 Å². The van der Waals surface area contributed by atoms with E-state index in [4.69, 9.17) is 4.74 Å². The highest BCUT2D eigenvalue weighted by Crippen LogP contribution is 2.18. The predicted octanol–water partition coefficient (Wildman–Crippen LogP) is 0.828. The molecule has 6 heteroatoms. The van der Waals surface area contributed by atoms with Gasteiger partial charge in [0.25, 0.3) is 10.2 Å². The fourth-order valence-corrected chi connectivity index (χ4v) is 4.18. The third kappa shape index (κ3) is 3.19. The zero-order chi connectivity index (χ0) is 12.3. The van der Waals surface area contributed by atoms with E-state index in [0.29, 0.717) is 32.8 Å². The molecular formula is C11H22N2O3S. The summed E-state index contributed by atoms with van der Waals surface area (Å²) in [6.07, 6.45) is 4.26. The minimum atomic E-state index is -3.25. The molecule has 0 radical (unpaired) electrons. The smallest absolute Gasteiger partial charge is 0.282 e. The fraction of sp³-hybridized carbons (Fsp3) is 1.00. The van der Waals surface area contributed by atoms with Gasteiger partial charge < -0.3 is 4.74 Å². The average molecular weight is 262 g/mol. The highest BCUT2D eigenvalue weighted by atomic mass is 32.2. The molecule has 0 amide bonds. The van der Waals surface area contributed by atoms with Crippen LogP contribution in [-0.4, -0.2) is 55.9 Å². The molecule has 1 atom stereocenters. The Bertz CT molecular complexity index is 329. The van der Waals surface area contributed by atoms with Crippen molar-refractivity contribution in [2.45, 2.75) is 38.7 Å². The van der Waals surface area contributed by atoms with Crippen molar-refractivity contribution in [2.75, 3.05) is 32.8 Å². The van der Waals surface area contributed by atoms with Crippen LogP contribution in [0.25, 0.3) is 0 Å². The predicted molar refractivity (Wildman–Crippen MR) is 65.9 cm³/mol. The molecule has 2 aliphatic rings. The molecule has 0 N–H and O–H groups in total. The first-order valence-corrected chi connectivity index (χ1v) is 7.87. The zero-order valence-electron chi connectivity index (χ0n) is 10.5. The van der Waals surface area contributed by atoms with E-state index < -0.39 is 10.2 Å². The van der Waals surface area contributed by atoms with Gasteiger partial charge in [0.05, 0.1) is 12.7 Å². The van der Waals surface area contributed by atoms with Gasteiger partial charge in [-0.05, 0) is 19.8 Å². The molecule has 2 rings (SSSR count). The average Bonchev–Trinajstić information content (AvgIpc) is 2.58. The summed E-state index contributed by atoms with van der Waals surface area (Å²) in [4.78, 5) is 0. The molecule has 2 heterocycles. The lowest BCUT2D eigenvalue weighted by molar-refractivity contribution is 0.00830. The lowest BCUT2D eigenvalue weighted by atomic mass is 10.2.